The van der Waals surface area contributed by atoms with Gasteiger partial charge in [-0.1, -0.05) is 13.8 Å². The summed E-state index contributed by atoms with van der Waals surface area (Å²) < 4.78 is 23.2. The third-order valence-electron chi connectivity index (χ3n) is 2.26. The quantitative estimate of drug-likeness (QED) is 0.809. The summed E-state index contributed by atoms with van der Waals surface area (Å²) in [4.78, 5) is 11.7. The SMILES string of the molecule is CC(C)CNc1cnn(CCS(C)(=O)=O)c(=O)c1. The molecule has 7 heteroatoms. The van der Waals surface area contributed by atoms with Crippen molar-refractivity contribution in [3.8, 4) is 0 Å². The zero-order valence-electron chi connectivity index (χ0n) is 10.9. The van der Waals surface area contributed by atoms with Crippen molar-refractivity contribution in [1.29, 1.82) is 0 Å². The highest BCUT2D eigenvalue weighted by Crippen LogP contribution is 2.01. The molecule has 0 spiro atoms. The summed E-state index contributed by atoms with van der Waals surface area (Å²) in [7, 11) is -3.09. The van der Waals surface area contributed by atoms with E-state index in [0.29, 0.717) is 11.6 Å². The Morgan fingerprint density at radius 1 is 1.44 bits per heavy atom. The van der Waals surface area contributed by atoms with Crippen molar-refractivity contribution >= 4 is 15.5 Å². The van der Waals surface area contributed by atoms with Gasteiger partial charge >= 0.3 is 0 Å². The monoisotopic (exact) mass is 273 g/mol. The molecule has 0 radical (unpaired) electrons. The molecule has 0 aliphatic rings. The fourth-order valence-electron chi connectivity index (χ4n) is 1.27. The van der Waals surface area contributed by atoms with Crippen LogP contribution in [0, 0.1) is 5.92 Å². The lowest BCUT2D eigenvalue weighted by Gasteiger charge is -2.09. The molecule has 0 aliphatic heterocycles. The molecule has 1 N–H and O–H groups in total. The summed E-state index contributed by atoms with van der Waals surface area (Å²) in [5.74, 6) is 0.385. The van der Waals surface area contributed by atoms with Crippen LogP contribution in [0.25, 0.3) is 0 Å². The summed E-state index contributed by atoms with van der Waals surface area (Å²) in [6.07, 6.45) is 2.67. The van der Waals surface area contributed by atoms with Gasteiger partial charge in [-0.25, -0.2) is 13.1 Å². The number of aromatic nitrogens is 2. The van der Waals surface area contributed by atoms with Gasteiger partial charge in [-0.2, -0.15) is 5.10 Å². The van der Waals surface area contributed by atoms with Crippen LogP contribution in [-0.4, -0.2) is 36.8 Å². The van der Waals surface area contributed by atoms with E-state index in [1.165, 1.54) is 12.3 Å². The maximum Gasteiger partial charge on any atom is 0.268 e. The van der Waals surface area contributed by atoms with Crippen LogP contribution in [0.15, 0.2) is 17.1 Å². The zero-order chi connectivity index (χ0) is 13.8. The molecular weight excluding hydrogens is 254 g/mol. The van der Waals surface area contributed by atoms with Gasteiger partial charge in [-0.05, 0) is 5.92 Å². The molecule has 1 rings (SSSR count). The molecule has 102 valence electrons. The van der Waals surface area contributed by atoms with E-state index in [2.05, 4.69) is 24.3 Å². The number of hydrogen-bond donors (Lipinski definition) is 1. The zero-order valence-corrected chi connectivity index (χ0v) is 11.7. The van der Waals surface area contributed by atoms with Gasteiger partial charge in [0.05, 0.1) is 24.2 Å². The summed E-state index contributed by atoms with van der Waals surface area (Å²) >= 11 is 0. The van der Waals surface area contributed by atoms with Gasteiger partial charge in [0.1, 0.15) is 9.84 Å². The highest BCUT2D eigenvalue weighted by Gasteiger charge is 2.05. The molecule has 0 amide bonds. The molecule has 0 bridgehead atoms. The lowest BCUT2D eigenvalue weighted by molar-refractivity contribution is 0.575. The van der Waals surface area contributed by atoms with Crippen LogP contribution < -0.4 is 10.9 Å². The molecule has 18 heavy (non-hydrogen) atoms. The van der Waals surface area contributed by atoms with E-state index in [9.17, 15) is 13.2 Å². The number of anilines is 1. The summed E-state index contributed by atoms with van der Waals surface area (Å²) in [6, 6.07) is 1.43. The first-order valence-corrected chi connectivity index (χ1v) is 7.83. The topological polar surface area (TPSA) is 81.1 Å². The van der Waals surface area contributed by atoms with E-state index in [4.69, 9.17) is 0 Å². The first-order chi connectivity index (χ1) is 8.28. The minimum Gasteiger partial charge on any atom is -0.383 e. The normalized spacial score (nSPS) is 11.8. The summed E-state index contributed by atoms with van der Waals surface area (Å²) in [5.41, 5.74) is 0.358. The number of hydrogen-bond acceptors (Lipinski definition) is 5. The summed E-state index contributed by atoms with van der Waals surface area (Å²) in [5, 5.41) is 7.03. The Hall–Kier alpha value is -1.37. The van der Waals surface area contributed by atoms with Gasteiger partial charge in [0.2, 0.25) is 0 Å². The number of sulfone groups is 1. The minimum atomic E-state index is -3.09. The fourth-order valence-corrected chi connectivity index (χ4v) is 1.78. The lowest BCUT2D eigenvalue weighted by atomic mass is 10.2. The maximum absolute atomic E-state index is 11.7. The molecule has 0 saturated heterocycles. The number of rotatable bonds is 6. The molecule has 0 saturated carbocycles. The van der Waals surface area contributed by atoms with Crippen molar-refractivity contribution in [1.82, 2.24) is 9.78 Å². The van der Waals surface area contributed by atoms with Crippen LogP contribution in [0.5, 0.6) is 0 Å². The maximum atomic E-state index is 11.7. The Bertz CT molecular complexity index is 549. The Balaban J connectivity index is 2.71. The molecule has 0 aliphatic carbocycles. The van der Waals surface area contributed by atoms with Crippen LogP contribution in [-0.2, 0) is 16.4 Å². The van der Waals surface area contributed by atoms with E-state index in [0.717, 1.165) is 17.5 Å². The Morgan fingerprint density at radius 2 is 2.11 bits per heavy atom. The van der Waals surface area contributed by atoms with E-state index in [1.54, 1.807) is 0 Å². The van der Waals surface area contributed by atoms with Crippen molar-refractivity contribution in [3.05, 3.63) is 22.6 Å². The predicted octanol–water partition coefficient (Wildman–Crippen LogP) is 0.356. The van der Waals surface area contributed by atoms with Crippen molar-refractivity contribution in [3.63, 3.8) is 0 Å². The number of nitrogens with one attached hydrogen (secondary N) is 1. The lowest BCUT2D eigenvalue weighted by Crippen LogP contribution is -2.26. The van der Waals surface area contributed by atoms with Gasteiger partial charge < -0.3 is 5.32 Å². The third-order valence-corrected chi connectivity index (χ3v) is 3.18. The average molecular weight is 273 g/mol. The fraction of sp³-hybridized carbons (Fsp3) is 0.636. The largest absolute Gasteiger partial charge is 0.383 e. The van der Waals surface area contributed by atoms with Gasteiger partial charge in [-0.15, -0.1) is 0 Å². The molecule has 0 fully saturated rings. The number of nitrogens with zero attached hydrogens (tertiary/aromatic N) is 2. The van der Waals surface area contributed by atoms with Crippen LogP contribution >= 0.6 is 0 Å². The Labute approximate surface area is 107 Å². The van der Waals surface area contributed by atoms with Crippen LogP contribution in [0.4, 0.5) is 5.69 Å². The standard InChI is InChI=1S/C11H19N3O3S/c1-9(2)7-12-10-6-11(15)14(13-8-10)4-5-18(3,16)17/h6,8-9,12H,4-5,7H2,1-3H3. The highest BCUT2D eigenvalue weighted by atomic mass is 32.2. The molecule has 6 nitrogen and oxygen atoms in total. The first kappa shape index (κ1) is 14.7. The predicted molar refractivity (Wildman–Crippen MR) is 71.5 cm³/mol. The molecular formula is C11H19N3O3S. The smallest absolute Gasteiger partial charge is 0.268 e. The van der Waals surface area contributed by atoms with Gasteiger partial charge in [0.15, 0.2) is 0 Å². The van der Waals surface area contributed by atoms with E-state index < -0.39 is 9.84 Å². The van der Waals surface area contributed by atoms with Crippen molar-refractivity contribution < 1.29 is 8.42 Å². The van der Waals surface area contributed by atoms with Crippen molar-refractivity contribution in [2.24, 2.45) is 5.92 Å². The molecule has 1 aromatic rings. The van der Waals surface area contributed by atoms with Crippen LogP contribution in [0.1, 0.15) is 13.8 Å². The average Bonchev–Trinajstić information content (AvgIpc) is 2.23. The van der Waals surface area contributed by atoms with Gasteiger partial charge in [0, 0.05) is 18.9 Å². The molecule has 0 atom stereocenters. The second-order valence-electron chi connectivity index (χ2n) is 4.71. The third kappa shape index (κ3) is 5.31. The van der Waals surface area contributed by atoms with E-state index in [-0.39, 0.29) is 17.9 Å². The van der Waals surface area contributed by atoms with Crippen LogP contribution in [0.2, 0.25) is 0 Å². The minimum absolute atomic E-state index is 0.0846. The summed E-state index contributed by atoms with van der Waals surface area (Å²) in [6.45, 7) is 4.97. The first-order valence-electron chi connectivity index (χ1n) is 5.76. The van der Waals surface area contributed by atoms with Gasteiger partial charge in [-0.3, -0.25) is 4.79 Å². The highest BCUT2D eigenvalue weighted by molar-refractivity contribution is 7.90. The molecule has 1 heterocycles. The van der Waals surface area contributed by atoms with E-state index in [1.807, 2.05) is 0 Å². The van der Waals surface area contributed by atoms with Crippen LogP contribution in [0.3, 0.4) is 0 Å². The molecule has 0 aromatic carbocycles. The van der Waals surface area contributed by atoms with Gasteiger partial charge in [0.25, 0.3) is 5.56 Å². The second kappa shape index (κ2) is 5.99. The molecule has 0 unspecified atom stereocenters. The number of aryl methyl sites for hydroxylation is 1. The van der Waals surface area contributed by atoms with Crippen molar-refractivity contribution in [2.45, 2.75) is 20.4 Å². The van der Waals surface area contributed by atoms with E-state index >= 15 is 0 Å². The Morgan fingerprint density at radius 3 is 2.61 bits per heavy atom. The van der Waals surface area contributed by atoms with Crippen molar-refractivity contribution in [2.75, 3.05) is 23.9 Å². The second-order valence-corrected chi connectivity index (χ2v) is 6.97. The Kier molecular flexibility index (Phi) is 4.89. The molecule has 1 aromatic heterocycles.